The number of H-pyrrole nitrogens is 1. The number of phenols is 1. The summed E-state index contributed by atoms with van der Waals surface area (Å²) >= 11 is 0. The van der Waals surface area contributed by atoms with E-state index in [9.17, 15) is 20.0 Å². The Morgan fingerprint density at radius 1 is 1.52 bits per heavy atom. The van der Waals surface area contributed by atoms with Gasteiger partial charge < -0.3 is 9.84 Å². The third kappa shape index (κ3) is 3.91. The number of benzene rings is 1. The smallest absolute Gasteiger partial charge is 0.361 e. The van der Waals surface area contributed by atoms with E-state index >= 15 is 0 Å². The summed E-state index contributed by atoms with van der Waals surface area (Å²) in [6, 6.07) is 4.86. The van der Waals surface area contributed by atoms with Crippen molar-refractivity contribution in [3.63, 3.8) is 0 Å². The zero-order chi connectivity index (χ0) is 18.6. The van der Waals surface area contributed by atoms with Crippen LogP contribution in [0.1, 0.15) is 17.0 Å². The maximum atomic E-state index is 11.9. The second kappa shape index (κ2) is 7.43. The molecular formula is C15H18N5O5+. The Bertz CT molecular complexity index is 843. The number of aromatic amines is 1. The molecular weight excluding hydrogens is 330 g/mol. The Morgan fingerprint density at radius 3 is 2.84 bits per heavy atom. The highest BCUT2D eigenvalue weighted by Crippen LogP contribution is 2.27. The number of aromatic nitrogens is 2. The average molecular weight is 348 g/mol. The molecule has 0 saturated carbocycles. The van der Waals surface area contributed by atoms with Gasteiger partial charge in [0, 0.05) is 12.5 Å². The summed E-state index contributed by atoms with van der Waals surface area (Å²) in [6.07, 6.45) is 1.27. The van der Waals surface area contributed by atoms with Gasteiger partial charge in [-0.25, -0.2) is 5.43 Å². The molecule has 0 fully saturated rings. The SMILES string of the molecule is COc1cccc(C=NNC(=O)C[n+]2[nH]c(C)c([N+](=O)[O-])c2C)c1O. The first-order valence-corrected chi connectivity index (χ1v) is 7.26. The minimum absolute atomic E-state index is 0.0578. The van der Waals surface area contributed by atoms with Gasteiger partial charge in [-0.15, -0.1) is 0 Å². The molecule has 1 aromatic heterocycles. The van der Waals surface area contributed by atoms with Gasteiger partial charge in [-0.1, -0.05) is 10.7 Å². The summed E-state index contributed by atoms with van der Waals surface area (Å²) in [5.74, 6) is -0.289. The maximum Gasteiger partial charge on any atom is 0.361 e. The summed E-state index contributed by atoms with van der Waals surface area (Å²) in [5, 5.41) is 27.4. The van der Waals surface area contributed by atoms with E-state index in [2.05, 4.69) is 15.6 Å². The summed E-state index contributed by atoms with van der Waals surface area (Å²) in [5.41, 5.74) is 3.31. The molecule has 0 aliphatic heterocycles. The molecule has 0 saturated heterocycles. The van der Waals surface area contributed by atoms with Gasteiger partial charge in [-0.3, -0.25) is 14.9 Å². The zero-order valence-electron chi connectivity index (χ0n) is 13.9. The molecule has 0 bridgehead atoms. The molecule has 3 N–H and O–H groups in total. The fourth-order valence-electron chi connectivity index (χ4n) is 2.33. The van der Waals surface area contributed by atoms with Crippen molar-refractivity contribution in [3.05, 3.63) is 45.3 Å². The summed E-state index contributed by atoms with van der Waals surface area (Å²) in [4.78, 5) is 22.4. The average Bonchev–Trinajstić information content (AvgIpc) is 2.83. The van der Waals surface area contributed by atoms with E-state index in [0.29, 0.717) is 17.0 Å². The monoisotopic (exact) mass is 348 g/mol. The van der Waals surface area contributed by atoms with E-state index in [-0.39, 0.29) is 23.7 Å². The van der Waals surface area contributed by atoms with Crippen molar-refractivity contribution in [2.75, 3.05) is 7.11 Å². The van der Waals surface area contributed by atoms with Gasteiger partial charge in [0.25, 0.3) is 12.2 Å². The molecule has 0 unspecified atom stereocenters. The van der Waals surface area contributed by atoms with Crippen LogP contribution >= 0.6 is 0 Å². The first-order valence-electron chi connectivity index (χ1n) is 7.26. The molecule has 10 nitrogen and oxygen atoms in total. The van der Waals surface area contributed by atoms with Crippen LogP contribution in [-0.2, 0) is 11.3 Å². The number of phenolic OH excluding ortho intramolecular Hbond substituents is 1. The Morgan fingerprint density at radius 2 is 2.24 bits per heavy atom. The van der Waals surface area contributed by atoms with E-state index < -0.39 is 10.8 Å². The quantitative estimate of drug-likeness (QED) is 0.306. The van der Waals surface area contributed by atoms with Gasteiger partial charge in [-0.2, -0.15) is 10.2 Å². The number of nitrogens with one attached hydrogen (secondary N) is 2. The number of hydrazone groups is 1. The lowest BCUT2D eigenvalue weighted by Crippen LogP contribution is -2.45. The van der Waals surface area contributed by atoms with Crippen molar-refractivity contribution >= 4 is 17.8 Å². The third-order valence-corrected chi connectivity index (χ3v) is 3.53. The second-order valence-electron chi connectivity index (χ2n) is 5.21. The predicted octanol–water partition coefficient (Wildman–Crippen LogP) is 0.692. The van der Waals surface area contributed by atoms with Crippen molar-refractivity contribution in [1.29, 1.82) is 0 Å². The van der Waals surface area contributed by atoms with Crippen LogP contribution in [0, 0.1) is 24.0 Å². The molecule has 0 radical (unpaired) electrons. The molecule has 1 heterocycles. The van der Waals surface area contributed by atoms with Crippen molar-refractivity contribution < 1.29 is 24.2 Å². The van der Waals surface area contributed by atoms with E-state index in [4.69, 9.17) is 4.74 Å². The van der Waals surface area contributed by atoms with Gasteiger partial charge >= 0.3 is 11.6 Å². The Labute approximate surface area is 142 Å². The molecule has 0 atom stereocenters. The van der Waals surface area contributed by atoms with Crippen LogP contribution in [0.15, 0.2) is 23.3 Å². The summed E-state index contributed by atoms with van der Waals surface area (Å²) in [6.45, 7) is 2.94. The molecule has 10 heteroatoms. The van der Waals surface area contributed by atoms with Crippen LogP contribution in [-0.4, -0.2) is 34.4 Å². The topological polar surface area (TPSA) is 134 Å². The van der Waals surface area contributed by atoms with Crippen LogP contribution in [0.25, 0.3) is 0 Å². The highest BCUT2D eigenvalue weighted by Gasteiger charge is 2.29. The second-order valence-corrected chi connectivity index (χ2v) is 5.21. The first-order chi connectivity index (χ1) is 11.8. The lowest BCUT2D eigenvalue weighted by Gasteiger charge is -2.04. The fourth-order valence-corrected chi connectivity index (χ4v) is 2.33. The van der Waals surface area contributed by atoms with Crippen molar-refractivity contribution in [1.82, 2.24) is 10.5 Å². The number of aromatic hydroxyl groups is 1. The third-order valence-electron chi connectivity index (χ3n) is 3.53. The number of hydrogen-bond acceptors (Lipinski definition) is 6. The van der Waals surface area contributed by atoms with E-state index in [1.807, 2.05) is 0 Å². The van der Waals surface area contributed by atoms with Crippen LogP contribution < -0.4 is 14.8 Å². The minimum atomic E-state index is -0.501. The highest BCUT2D eigenvalue weighted by atomic mass is 16.6. The van der Waals surface area contributed by atoms with E-state index in [1.54, 1.807) is 32.0 Å². The molecule has 1 amide bonds. The largest absolute Gasteiger partial charge is 0.504 e. The lowest BCUT2D eigenvalue weighted by molar-refractivity contribution is -0.745. The van der Waals surface area contributed by atoms with Crippen LogP contribution in [0.3, 0.4) is 0 Å². The summed E-state index contributed by atoms with van der Waals surface area (Å²) in [7, 11) is 1.43. The van der Waals surface area contributed by atoms with E-state index in [0.717, 1.165) is 0 Å². The number of para-hydroxylation sites is 1. The molecule has 132 valence electrons. The minimum Gasteiger partial charge on any atom is -0.504 e. The number of carbonyl (C=O) groups excluding carboxylic acids is 1. The van der Waals surface area contributed by atoms with Gasteiger partial charge in [0.2, 0.25) is 0 Å². The van der Waals surface area contributed by atoms with Crippen molar-refractivity contribution in [2.45, 2.75) is 20.4 Å². The normalized spacial score (nSPS) is 10.8. The predicted molar refractivity (Wildman–Crippen MR) is 87.5 cm³/mol. The number of nitrogens with zero attached hydrogens (tertiary/aromatic N) is 3. The number of nitro groups is 1. The number of carbonyl (C=O) groups is 1. The number of ether oxygens (including phenoxy) is 1. The molecule has 0 spiro atoms. The fraction of sp³-hybridized carbons (Fsp3) is 0.267. The molecule has 2 rings (SSSR count). The molecule has 0 aliphatic carbocycles. The van der Waals surface area contributed by atoms with Crippen molar-refractivity contribution in [3.8, 4) is 11.5 Å². The lowest BCUT2D eigenvalue weighted by atomic mass is 10.2. The molecule has 1 aromatic carbocycles. The number of methoxy groups -OCH3 is 1. The molecule has 0 aliphatic rings. The van der Waals surface area contributed by atoms with Gasteiger partial charge in [0.1, 0.15) is 0 Å². The Balaban J connectivity index is 2.05. The first kappa shape index (κ1) is 17.9. The van der Waals surface area contributed by atoms with E-state index in [1.165, 1.54) is 18.0 Å². The van der Waals surface area contributed by atoms with Crippen molar-refractivity contribution in [2.24, 2.45) is 5.10 Å². The van der Waals surface area contributed by atoms with Crippen LogP contribution in [0.2, 0.25) is 0 Å². The number of rotatable bonds is 6. The van der Waals surface area contributed by atoms with Crippen LogP contribution in [0.4, 0.5) is 5.69 Å². The highest BCUT2D eigenvalue weighted by molar-refractivity contribution is 5.86. The number of amides is 1. The Hall–Kier alpha value is -3.43. The van der Waals surface area contributed by atoms with Gasteiger partial charge in [0.05, 0.1) is 18.2 Å². The zero-order valence-corrected chi connectivity index (χ0v) is 13.9. The van der Waals surface area contributed by atoms with Gasteiger partial charge in [-0.05, 0) is 19.1 Å². The van der Waals surface area contributed by atoms with Gasteiger partial charge in [0.15, 0.2) is 17.2 Å². The summed E-state index contributed by atoms with van der Waals surface area (Å²) < 4.78 is 6.34. The number of hydrogen-bond donors (Lipinski definition) is 3. The molecule has 25 heavy (non-hydrogen) atoms. The number of aryl methyl sites for hydroxylation is 1. The standard InChI is InChI=1S/C15H17N5O5/c1-9-14(20(23)24)10(2)19(18-9)8-13(21)17-16-7-11-5-4-6-12(25-3)15(11)22/h4-7H,8H2,1-3H3,(H2,16,17,21,22)/p+1. The van der Waals surface area contributed by atoms with Crippen LogP contribution in [0.5, 0.6) is 11.5 Å². The Kier molecular flexibility index (Phi) is 5.32. The maximum absolute atomic E-state index is 11.9. The molecule has 2 aromatic rings.